The Bertz CT molecular complexity index is 375. The van der Waals surface area contributed by atoms with Gasteiger partial charge in [0.2, 0.25) is 11.8 Å². The third kappa shape index (κ3) is 3.13. The van der Waals surface area contributed by atoms with Gasteiger partial charge in [-0.3, -0.25) is 9.59 Å². The van der Waals surface area contributed by atoms with E-state index in [1.165, 1.54) is 0 Å². The first-order chi connectivity index (χ1) is 9.35. The zero-order valence-corrected chi connectivity index (χ0v) is 14.2. The van der Waals surface area contributed by atoms with Crippen LogP contribution >= 0.6 is 11.8 Å². The van der Waals surface area contributed by atoms with Gasteiger partial charge in [0.15, 0.2) is 0 Å². The van der Waals surface area contributed by atoms with Crippen molar-refractivity contribution >= 4 is 23.6 Å². The van der Waals surface area contributed by atoms with Gasteiger partial charge in [-0.15, -0.1) is 0 Å². The Morgan fingerprint density at radius 3 is 2.30 bits per heavy atom. The van der Waals surface area contributed by atoms with Crippen LogP contribution in [0, 0.1) is 0 Å². The van der Waals surface area contributed by atoms with Crippen LogP contribution in [0.4, 0.5) is 0 Å². The molecule has 5 heteroatoms. The first kappa shape index (κ1) is 17.3. The normalized spacial score (nSPS) is 30.6. The Hall–Kier alpha value is -0.710. The van der Waals surface area contributed by atoms with Crippen molar-refractivity contribution in [1.29, 1.82) is 0 Å². The maximum atomic E-state index is 12.8. The summed E-state index contributed by atoms with van der Waals surface area (Å²) in [4.78, 5) is 27.0. The highest BCUT2D eigenvalue weighted by molar-refractivity contribution is 7.99. The lowest BCUT2D eigenvalue weighted by molar-refractivity contribution is -0.161. The molecule has 1 aliphatic heterocycles. The van der Waals surface area contributed by atoms with Gasteiger partial charge in [-0.05, 0) is 44.6 Å². The van der Waals surface area contributed by atoms with Crippen molar-refractivity contribution in [3.63, 3.8) is 0 Å². The number of hydrogen-bond acceptors (Lipinski definition) is 3. The van der Waals surface area contributed by atoms with E-state index in [0.29, 0.717) is 19.4 Å². The molecule has 1 rings (SSSR count). The van der Waals surface area contributed by atoms with Crippen molar-refractivity contribution in [3.8, 4) is 0 Å². The number of carbonyl (C=O) groups is 2. The van der Waals surface area contributed by atoms with E-state index in [2.05, 4.69) is 12.2 Å². The number of carbonyl (C=O) groups excluding carboxylic acids is 2. The standard InChI is InChI=1S/C15H28N2O2S/c1-6-14(4)13(19)17(10-9-11-20-8-3)15(5,7-2)12(18)16-14/h6-11H2,1-5H3,(H,16,18). The molecule has 1 N–H and O–H groups in total. The van der Waals surface area contributed by atoms with Gasteiger partial charge >= 0.3 is 0 Å². The summed E-state index contributed by atoms with van der Waals surface area (Å²) in [6.07, 6.45) is 2.20. The van der Waals surface area contributed by atoms with Crippen molar-refractivity contribution in [2.45, 2.75) is 65.0 Å². The summed E-state index contributed by atoms with van der Waals surface area (Å²) in [5.41, 5.74) is -1.45. The fourth-order valence-electron chi connectivity index (χ4n) is 2.49. The monoisotopic (exact) mass is 300 g/mol. The average Bonchev–Trinajstić information content (AvgIpc) is 2.44. The third-order valence-electron chi connectivity index (χ3n) is 4.46. The number of amides is 2. The SMILES string of the molecule is CCSCCCN1C(=O)C(C)(CC)NC(=O)C1(C)CC. The molecule has 0 aromatic heterocycles. The molecule has 0 radical (unpaired) electrons. The maximum absolute atomic E-state index is 12.8. The molecule has 4 nitrogen and oxygen atoms in total. The van der Waals surface area contributed by atoms with Crippen LogP contribution in [0.1, 0.15) is 53.9 Å². The van der Waals surface area contributed by atoms with Gasteiger partial charge in [0.05, 0.1) is 0 Å². The highest BCUT2D eigenvalue weighted by Gasteiger charge is 2.52. The molecule has 0 aromatic carbocycles. The molecule has 0 aromatic rings. The Kier molecular flexibility index (Phi) is 5.92. The second-order valence-corrected chi connectivity index (χ2v) is 7.17. The quantitative estimate of drug-likeness (QED) is 0.735. The molecule has 2 atom stereocenters. The lowest BCUT2D eigenvalue weighted by Gasteiger charge is -2.50. The molecule has 0 spiro atoms. The molecule has 0 saturated carbocycles. The number of piperazine rings is 1. The van der Waals surface area contributed by atoms with E-state index >= 15 is 0 Å². The van der Waals surface area contributed by atoms with E-state index in [4.69, 9.17) is 0 Å². The molecule has 1 aliphatic rings. The minimum atomic E-state index is -0.746. The van der Waals surface area contributed by atoms with Crippen molar-refractivity contribution < 1.29 is 9.59 Å². The number of thioether (sulfide) groups is 1. The van der Waals surface area contributed by atoms with Crippen LogP contribution in [0.15, 0.2) is 0 Å². The first-order valence-electron chi connectivity index (χ1n) is 7.58. The molecular formula is C15H28N2O2S. The minimum absolute atomic E-state index is 0.0212. The van der Waals surface area contributed by atoms with Crippen molar-refractivity contribution in [2.24, 2.45) is 0 Å². The Balaban J connectivity index is 2.91. The third-order valence-corrected chi connectivity index (χ3v) is 5.45. The molecule has 2 amide bonds. The van der Waals surface area contributed by atoms with E-state index in [1.807, 2.05) is 44.4 Å². The van der Waals surface area contributed by atoms with Crippen LogP contribution < -0.4 is 5.32 Å². The molecule has 1 saturated heterocycles. The summed E-state index contributed by atoms with van der Waals surface area (Å²) in [5, 5.41) is 2.93. The summed E-state index contributed by atoms with van der Waals surface area (Å²) in [6.45, 7) is 10.4. The molecule has 116 valence electrons. The zero-order chi connectivity index (χ0) is 15.4. The molecule has 0 bridgehead atoms. The Morgan fingerprint density at radius 2 is 1.80 bits per heavy atom. The summed E-state index contributed by atoms with van der Waals surface area (Å²) < 4.78 is 0. The molecule has 0 aliphatic carbocycles. The van der Waals surface area contributed by atoms with Crippen molar-refractivity contribution in [3.05, 3.63) is 0 Å². The van der Waals surface area contributed by atoms with Gasteiger partial charge < -0.3 is 10.2 Å². The molecule has 2 unspecified atom stereocenters. The summed E-state index contributed by atoms with van der Waals surface area (Å²) >= 11 is 1.87. The number of hydrogen-bond donors (Lipinski definition) is 1. The Labute approximate surface area is 127 Å². The fraction of sp³-hybridized carbons (Fsp3) is 0.867. The molecule has 20 heavy (non-hydrogen) atoms. The highest BCUT2D eigenvalue weighted by Crippen LogP contribution is 2.30. The van der Waals surface area contributed by atoms with Crippen molar-refractivity contribution in [2.75, 3.05) is 18.1 Å². The minimum Gasteiger partial charge on any atom is -0.340 e. The van der Waals surface area contributed by atoms with Crippen LogP contribution in [0.3, 0.4) is 0 Å². The van der Waals surface area contributed by atoms with Gasteiger partial charge in [0.1, 0.15) is 11.1 Å². The van der Waals surface area contributed by atoms with E-state index in [1.54, 1.807) is 0 Å². The van der Waals surface area contributed by atoms with E-state index in [9.17, 15) is 9.59 Å². The summed E-state index contributed by atoms with van der Waals surface area (Å²) in [7, 11) is 0. The lowest BCUT2D eigenvalue weighted by atomic mass is 9.84. The van der Waals surface area contributed by atoms with Gasteiger partial charge in [-0.2, -0.15) is 11.8 Å². The van der Waals surface area contributed by atoms with Gasteiger partial charge in [0.25, 0.3) is 0 Å². The number of nitrogens with zero attached hydrogens (tertiary/aromatic N) is 1. The number of rotatable bonds is 7. The second-order valence-electron chi connectivity index (χ2n) is 5.77. The first-order valence-corrected chi connectivity index (χ1v) is 8.73. The molecular weight excluding hydrogens is 272 g/mol. The molecule has 1 fully saturated rings. The van der Waals surface area contributed by atoms with Crippen LogP contribution in [-0.4, -0.2) is 45.8 Å². The fourth-order valence-corrected chi connectivity index (χ4v) is 3.11. The second kappa shape index (κ2) is 6.83. The lowest BCUT2D eigenvalue weighted by Crippen LogP contribution is -2.73. The maximum Gasteiger partial charge on any atom is 0.248 e. The molecule has 1 heterocycles. The van der Waals surface area contributed by atoms with Crippen LogP contribution in [0.25, 0.3) is 0 Å². The number of nitrogens with one attached hydrogen (secondary N) is 1. The zero-order valence-electron chi connectivity index (χ0n) is 13.4. The summed E-state index contributed by atoms with van der Waals surface area (Å²) in [6, 6.07) is 0. The summed E-state index contributed by atoms with van der Waals surface area (Å²) in [5.74, 6) is 2.16. The van der Waals surface area contributed by atoms with Crippen LogP contribution in [0.2, 0.25) is 0 Å². The topological polar surface area (TPSA) is 49.4 Å². The predicted molar refractivity (Wildman–Crippen MR) is 84.9 cm³/mol. The van der Waals surface area contributed by atoms with Gasteiger partial charge in [-0.25, -0.2) is 0 Å². The Morgan fingerprint density at radius 1 is 1.15 bits per heavy atom. The van der Waals surface area contributed by atoms with Crippen LogP contribution in [-0.2, 0) is 9.59 Å². The van der Waals surface area contributed by atoms with Gasteiger partial charge in [-0.1, -0.05) is 20.8 Å². The predicted octanol–water partition coefficient (Wildman–Crippen LogP) is 2.43. The van der Waals surface area contributed by atoms with E-state index in [-0.39, 0.29) is 11.8 Å². The smallest absolute Gasteiger partial charge is 0.248 e. The van der Waals surface area contributed by atoms with Crippen LogP contribution in [0.5, 0.6) is 0 Å². The highest BCUT2D eigenvalue weighted by atomic mass is 32.2. The largest absolute Gasteiger partial charge is 0.340 e. The van der Waals surface area contributed by atoms with E-state index < -0.39 is 11.1 Å². The van der Waals surface area contributed by atoms with Crippen molar-refractivity contribution in [1.82, 2.24) is 10.2 Å². The van der Waals surface area contributed by atoms with E-state index in [0.717, 1.165) is 17.9 Å². The van der Waals surface area contributed by atoms with Gasteiger partial charge in [0, 0.05) is 6.54 Å². The average molecular weight is 300 g/mol.